The Hall–Kier alpha value is -3.21. The van der Waals surface area contributed by atoms with Crippen molar-refractivity contribution in [1.29, 1.82) is 5.26 Å². The molecular formula is C24H25N3O3S. The Bertz CT molecular complexity index is 1320. The molecule has 1 heterocycles. The third-order valence-electron chi connectivity index (χ3n) is 5.11. The Kier molecular flexibility index (Phi) is 6.74. The van der Waals surface area contributed by atoms with Crippen molar-refractivity contribution < 1.29 is 8.42 Å². The topological polar surface area (TPSA) is 92.0 Å². The van der Waals surface area contributed by atoms with Crippen molar-refractivity contribution in [3.8, 4) is 22.9 Å². The van der Waals surface area contributed by atoms with Gasteiger partial charge < -0.3 is 0 Å². The summed E-state index contributed by atoms with van der Waals surface area (Å²) in [7, 11) is -3.45. The molecule has 31 heavy (non-hydrogen) atoms. The van der Waals surface area contributed by atoms with E-state index in [0.29, 0.717) is 23.2 Å². The highest BCUT2D eigenvalue weighted by atomic mass is 32.2. The van der Waals surface area contributed by atoms with Crippen LogP contribution >= 0.6 is 0 Å². The van der Waals surface area contributed by atoms with Crippen LogP contribution in [0.3, 0.4) is 0 Å². The van der Waals surface area contributed by atoms with Gasteiger partial charge in [-0.15, -0.1) is 0 Å². The van der Waals surface area contributed by atoms with E-state index in [4.69, 9.17) is 0 Å². The van der Waals surface area contributed by atoms with Gasteiger partial charge in [0, 0.05) is 28.9 Å². The lowest BCUT2D eigenvalue weighted by atomic mass is 9.98. The van der Waals surface area contributed by atoms with Crippen LogP contribution in [0.25, 0.3) is 16.8 Å². The van der Waals surface area contributed by atoms with Crippen LogP contribution in [-0.4, -0.2) is 19.2 Å². The van der Waals surface area contributed by atoms with Gasteiger partial charge in [-0.1, -0.05) is 49.7 Å². The summed E-state index contributed by atoms with van der Waals surface area (Å²) in [4.78, 5) is 13.6. The van der Waals surface area contributed by atoms with E-state index in [-0.39, 0.29) is 12.1 Å². The van der Waals surface area contributed by atoms with Crippen LogP contribution < -0.4 is 10.3 Å². The minimum absolute atomic E-state index is 0.0765. The second-order valence-corrected chi connectivity index (χ2v) is 9.29. The third-order valence-corrected chi connectivity index (χ3v) is 5.78. The van der Waals surface area contributed by atoms with E-state index in [0.717, 1.165) is 35.1 Å². The highest BCUT2D eigenvalue weighted by Gasteiger charge is 2.18. The van der Waals surface area contributed by atoms with E-state index in [1.54, 1.807) is 16.7 Å². The summed E-state index contributed by atoms with van der Waals surface area (Å²) in [6.45, 7) is 3.79. The first-order chi connectivity index (χ1) is 14.8. The Morgan fingerprint density at radius 2 is 1.71 bits per heavy atom. The summed E-state index contributed by atoms with van der Waals surface area (Å²) >= 11 is 0. The molecular weight excluding hydrogens is 410 g/mol. The molecule has 0 aliphatic carbocycles. The fourth-order valence-corrected chi connectivity index (χ4v) is 4.08. The SMILES string of the molecule is CCCc1cc(C)c(CNS(C)(=O)=O)c(=O)n1-c1ccccc1-c1ccccc1C#N. The maximum atomic E-state index is 13.6. The maximum absolute atomic E-state index is 13.6. The molecule has 6 nitrogen and oxygen atoms in total. The van der Waals surface area contributed by atoms with E-state index >= 15 is 0 Å². The lowest BCUT2D eigenvalue weighted by Crippen LogP contribution is -2.31. The number of nitriles is 1. The van der Waals surface area contributed by atoms with Gasteiger partial charge in [0.05, 0.1) is 23.6 Å². The highest BCUT2D eigenvalue weighted by molar-refractivity contribution is 7.88. The molecule has 0 aliphatic heterocycles. The van der Waals surface area contributed by atoms with Gasteiger partial charge in [0.25, 0.3) is 5.56 Å². The minimum atomic E-state index is -3.45. The summed E-state index contributed by atoms with van der Waals surface area (Å²) in [5, 5.41) is 9.58. The van der Waals surface area contributed by atoms with Gasteiger partial charge in [-0.2, -0.15) is 5.26 Å². The van der Waals surface area contributed by atoms with Gasteiger partial charge in [-0.25, -0.2) is 13.1 Å². The molecule has 3 rings (SSSR count). The molecule has 0 fully saturated rings. The number of benzene rings is 2. The molecule has 0 radical (unpaired) electrons. The summed E-state index contributed by atoms with van der Waals surface area (Å²) in [6.07, 6.45) is 2.60. The lowest BCUT2D eigenvalue weighted by Gasteiger charge is -2.20. The normalized spacial score (nSPS) is 11.3. The number of hydrogen-bond donors (Lipinski definition) is 1. The van der Waals surface area contributed by atoms with Gasteiger partial charge in [0.2, 0.25) is 10.0 Å². The summed E-state index contributed by atoms with van der Waals surface area (Å²) in [5.74, 6) is 0. The van der Waals surface area contributed by atoms with Crippen molar-refractivity contribution in [1.82, 2.24) is 9.29 Å². The highest BCUT2D eigenvalue weighted by Crippen LogP contribution is 2.30. The third kappa shape index (κ3) is 4.93. The van der Waals surface area contributed by atoms with Crippen LogP contribution in [0.4, 0.5) is 0 Å². The van der Waals surface area contributed by atoms with Gasteiger partial charge in [0.15, 0.2) is 0 Å². The molecule has 0 spiro atoms. The van der Waals surface area contributed by atoms with Crippen LogP contribution in [0.5, 0.6) is 0 Å². The largest absolute Gasteiger partial charge is 0.280 e. The molecule has 160 valence electrons. The first kappa shape index (κ1) is 22.5. The molecule has 2 aromatic carbocycles. The van der Waals surface area contributed by atoms with Crippen LogP contribution in [-0.2, 0) is 23.0 Å². The van der Waals surface area contributed by atoms with Crippen molar-refractivity contribution in [2.24, 2.45) is 0 Å². The molecule has 3 aromatic rings. The molecule has 0 unspecified atom stereocenters. The molecule has 0 saturated heterocycles. The number of nitrogens with zero attached hydrogens (tertiary/aromatic N) is 2. The second kappa shape index (κ2) is 9.29. The first-order valence-electron chi connectivity index (χ1n) is 10.0. The van der Waals surface area contributed by atoms with Crippen LogP contribution in [0.1, 0.15) is 35.7 Å². The van der Waals surface area contributed by atoms with E-state index in [9.17, 15) is 18.5 Å². The smallest absolute Gasteiger partial charge is 0.260 e. The Labute approximate surface area is 182 Å². The predicted octanol–water partition coefficient (Wildman–Crippen LogP) is 3.69. The number of pyridine rings is 1. The maximum Gasteiger partial charge on any atom is 0.260 e. The molecule has 1 aromatic heterocycles. The zero-order valence-electron chi connectivity index (χ0n) is 17.8. The number of hydrogen-bond acceptors (Lipinski definition) is 4. The Morgan fingerprint density at radius 1 is 1.06 bits per heavy atom. The van der Waals surface area contributed by atoms with Crippen molar-refractivity contribution in [2.45, 2.75) is 33.2 Å². The predicted molar refractivity (Wildman–Crippen MR) is 123 cm³/mol. The van der Waals surface area contributed by atoms with Crippen molar-refractivity contribution >= 4 is 10.0 Å². The number of nitrogens with one attached hydrogen (secondary N) is 1. The number of aromatic nitrogens is 1. The molecule has 0 saturated carbocycles. The number of sulfonamides is 1. The van der Waals surface area contributed by atoms with Crippen molar-refractivity contribution in [3.05, 3.63) is 87.3 Å². The molecule has 0 amide bonds. The minimum Gasteiger partial charge on any atom is -0.280 e. The second-order valence-electron chi connectivity index (χ2n) is 7.46. The quantitative estimate of drug-likeness (QED) is 0.613. The summed E-state index contributed by atoms with van der Waals surface area (Å²) in [6, 6.07) is 18.9. The van der Waals surface area contributed by atoms with E-state index in [2.05, 4.69) is 10.8 Å². The fourth-order valence-electron chi connectivity index (χ4n) is 3.67. The van der Waals surface area contributed by atoms with Crippen molar-refractivity contribution in [2.75, 3.05) is 6.26 Å². The molecule has 0 atom stereocenters. The van der Waals surface area contributed by atoms with Gasteiger partial charge >= 0.3 is 0 Å². The monoisotopic (exact) mass is 435 g/mol. The number of aryl methyl sites for hydroxylation is 2. The van der Waals surface area contributed by atoms with Crippen LogP contribution in [0, 0.1) is 18.3 Å². The average molecular weight is 436 g/mol. The van der Waals surface area contributed by atoms with Gasteiger partial charge in [-0.3, -0.25) is 9.36 Å². The van der Waals surface area contributed by atoms with E-state index < -0.39 is 10.0 Å². The Balaban J connectivity index is 2.30. The van der Waals surface area contributed by atoms with Crippen LogP contribution in [0.2, 0.25) is 0 Å². The number of para-hydroxylation sites is 1. The van der Waals surface area contributed by atoms with Crippen molar-refractivity contribution in [3.63, 3.8) is 0 Å². The van der Waals surface area contributed by atoms with Gasteiger partial charge in [0.1, 0.15) is 0 Å². The zero-order valence-corrected chi connectivity index (χ0v) is 18.7. The summed E-state index contributed by atoms with van der Waals surface area (Å²) < 4.78 is 27.3. The lowest BCUT2D eigenvalue weighted by molar-refractivity contribution is 0.587. The number of rotatable bonds is 7. The molecule has 0 aliphatic rings. The van der Waals surface area contributed by atoms with Crippen LogP contribution in [0.15, 0.2) is 59.4 Å². The average Bonchev–Trinajstić information content (AvgIpc) is 2.73. The van der Waals surface area contributed by atoms with Gasteiger partial charge in [-0.05, 0) is 37.1 Å². The zero-order chi connectivity index (χ0) is 22.6. The Morgan fingerprint density at radius 3 is 2.35 bits per heavy atom. The molecule has 0 bridgehead atoms. The molecule has 7 heteroatoms. The van der Waals surface area contributed by atoms with E-state index in [1.165, 1.54) is 0 Å². The van der Waals surface area contributed by atoms with E-state index in [1.807, 2.05) is 56.3 Å². The standard InChI is InChI=1S/C24H25N3O3S/c1-4-9-19-14-17(2)22(16-26-31(3,29)30)24(28)27(19)23-13-8-7-12-21(23)20-11-6-5-10-18(20)15-25/h5-8,10-14,26H,4,9,16H2,1-3H3. The summed E-state index contributed by atoms with van der Waals surface area (Å²) in [5.41, 5.74) is 4.42. The first-order valence-corrected chi connectivity index (χ1v) is 11.9. The fraction of sp³-hybridized carbons (Fsp3) is 0.250. The molecule has 1 N–H and O–H groups in total.